The van der Waals surface area contributed by atoms with Gasteiger partial charge in [-0.05, 0) is 48.0 Å². The molecule has 0 aromatic heterocycles. The van der Waals surface area contributed by atoms with Crippen LogP contribution < -0.4 is 14.8 Å². The van der Waals surface area contributed by atoms with E-state index in [9.17, 15) is 4.39 Å². The Bertz CT molecular complexity index is 962. The number of nitrogens with one attached hydrogen (secondary N) is 1. The molecule has 0 saturated carbocycles. The Balaban J connectivity index is 1.68. The van der Waals surface area contributed by atoms with Crippen LogP contribution in [-0.4, -0.2) is 7.11 Å². The van der Waals surface area contributed by atoms with Crippen molar-refractivity contribution in [2.75, 3.05) is 12.4 Å². The Kier molecular flexibility index (Phi) is 6.89. The molecule has 3 aromatic carbocycles. The van der Waals surface area contributed by atoms with Crippen LogP contribution in [0.25, 0.3) is 0 Å². The summed E-state index contributed by atoms with van der Waals surface area (Å²) < 4.78 is 24.5. The number of halogens is 4. The first-order chi connectivity index (χ1) is 13.5. The van der Waals surface area contributed by atoms with Crippen LogP contribution in [0.5, 0.6) is 11.5 Å². The van der Waals surface area contributed by atoms with Crippen molar-refractivity contribution in [2.24, 2.45) is 0 Å². The largest absolute Gasteiger partial charge is 0.493 e. The lowest BCUT2D eigenvalue weighted by atomic mass is 10.2. The van der Waals surface area contributed by atoms with Crippen LogP contribution in [0.4, 0.5) is 10.1 Å². The number of hydrogen-bond acceptors (Lipinski definition) is 3. The third-order valence-electron chi connectivity index (χ3n) is 4.08. The van der Waals surface area contributed by atoms with Crippen molar-refractivity contribution in [1.82, 2.24) is 0 Å². The van der Waals surface area contributed by atoms with Crippen LogP contribution in [-0.2, 0) is 13.2 Å². The highest BCUT2D eigenvalue weighted by molar-refractivity contribution is 6.36. The number of methoxy groups -OCH3 is 1. The highest BCUT2D eigenvalue weighted by Crippen LogP contribution is 2.31. The molecule has 7 heteroatoms. The highest BCUT2D eigenvalue weighted by Gasteiger charge is 2.10. The van der Waals surface area contributed by atoms with Gasteiger partial charge in [-0.15, -0.1) is 0 Å². The van der Waals surface area contributed by atoms with Gasteiger partial charge in [-0.25, -0.2) is 4.39 Å². The van der Waals surface area contributed by atoms with E-state index in [1.807, 2.05) is 18.2 Å². The molecule has 0 heterocycles. The molecule has 0 bridgehead atoms. The van der Waals surface area contributed by atoms with Gasteiger partial charge in [0.25, 0.3) is 0 Å². The fraction of sp³-hybridized carbons (Fsp3) is 0.143. The van der Waals surface area contributed by atoms with Crippen LogP contribution in [0, 0.1) is 5.82 Å². The number of hydrogen-bond donors (Lipinski definition) is 1. The van der Waals surface area contributed by atoms with E-state index in [2.05, 4.69) is 5.32 Å². The van der Waals surface area contributed by atoms with Crippen LogP contribution in [0.1, 0.15) is 11.1 Å². The molecule has 0 aliphatic heterocycles. The van der Waals surface area contributed by atoms with Crippen LogP contribution in [0.2, 0.25) is 15.1 Å². The summed E-state index contributed by atoms with van der Waals surface area (Å²) in [6.07, 6.45) is 0. The molecule has 0 amide bonds. The minimum absolute atomic E-state index is 0.0737. The van der Waals surface area contributed by atoms with E-state index in [-0.39, 0.29) is 11.6 Å². The van der Waals surface area contributed by atoms with Crippen molar-refractivity contribution >= 4 is 40.5 Å². The van der Waals surface area contributed by atoms with E-state index in [4.69, 9.17) is 44.3 Å². The summed E-state index contributed by atoms with van der Waals surface area (Å²) in [5, 5.41) is 4.36. The maximum atomic E-state index is 13.2. The summed E-state index contributed by atoms with van der Waals surface area (Å²) in [6, 6.07) is 15.4. The molecule has 0 unspecified atom stereocenters. The van der Waals surface area contributed by atoms with Crippen molar-refractivity contribution in [3.63, 3.8) is 0 Å². The third-order valence-corrected chi connectivity index (χ3v) is 5.08. The predicted molar refractivity (Wildman–Crippen MR) is 113 cm³/mol. The molecule has 0 fully saturated rings. The minimum atomic E-state index is -0.450. The molecular weight excluding hydrogens is 424 g/mol. The number of benzene rings is 3. The first-order valence-electron chi connectivity index (χ1n) is 8.39. The summed E-state index contributed by atoms with van der Waals surface area (Å²) in [7, 11) is 1.57. The maximum absolute atomic E-state index is 13.2. The van der Waals surface area contributed by atoms with Gasteiger partial charge in [-0.2, -0.15) is 0 Å². The van der Waals surface area contributed by atoms with E-state index < -0.39 is 5.82 Å². The summed E-state index contributed by atoms with van der Waals surface area (Å²) in [4.78, 5) is 0. The van der Waals surface area contributed by atoms with Gasteiger partial charge in [0.1, 0.15) is 12.4 Å². The molecule has 0 spiro atoms. The van der Waals surface area contributed by atoms with Crippen LogP contribution >= 0.6 is 34.8 Å². The first kappa shape index (κ1) is 20.6. The SMILES string of the molecule is COc1cc(CNc2ccc(F)c(Cl)c2)ccc1OCc1c(Cl)cccc1Cl. The quantitative estimate of drug-likeness (QED) is 0.429. The van der Waals surface area contributed by atoms with Crippen LogP contribution in [0.3, 0.4) is 0 Å². The second-order valence-corrected chi connectivity index (χ2v) is 7.18. The fourth-order valence-corrected chi connectivity index (χ4v) is 3.26. The molecular formula is C21H17Cl3FNO2. The normalized spacial score (nSPS) is 10.6. The van der Waals surface area contributed by atoms with E-state index in [0.717, 1.165) is 11.3 Å². The second kappa shape index (κ2) is 9.37. The monoisotopic (exact) mass is 439 g/mol. The van der Waals surface area contributed by atoms with Gasteiger partial charge < -0.3 is 14.8 Å². The van der Waals surface area contributed by atoms with Gasteiger partial charge in [-0.3, -0.25) is 0 Å². The third kappa shape index (κ3) is 5.02. The Morgan fingerprint density at radius 3 is 2.32 bits per heavy atom. The zero-order chi connectivity index (χ0) is 20.1. The fourth-order valence-electron chi connectivity index (χ4n) is 2.57. The number of ether oxygens (including phenoxy) is 2. The summed E-state index contributed by atoms with van der Waals surface area (Å²) in [6.45, 7) is 0.732. The van der Waals surface area contributed by atoms with E-state index in [1.54, 1.807) is 37.4 Å². The highest BCUT2D eigenvalue weighted by atomic mass is 35.5. The Hall–Kier alpha value is -2.14. The van der Waals surface area contributed by atoms with Gasteiger partial charge in [-0.1, -0.05) is 46.9 Å². The molecule has 3 rings (SSSR count). The molecule has 0 atom stereocenters. The molecule has 146 valence electrons. The molecule has 28 heavy (non-hydrogen) atoms. The lowest BCUT2D eigenvalue weighted by Crippen LogP contribution is -2.02. The van der Waals surface area contributed by atoms with Gasteiger partial charge in [0.2, 0.25) is 0 Å². The van der Waals surface area contributed by atoms with Gasteiger partial charge in [0.15, 0.2) is 11.5 Å². The van der Waals surface area contributed by atoms with E-state index in [0.29, 0.717) is 33.7 Å². The predicted octanol–water partition coefficient (Wildman–Crippen LogP) is 6.99. The average Bonchev–Trinajstić information content (AvgIpc) is 2.69. The zero-order valence-electron chi connectivity index (χ0n) is 14.9. The Morgan fingerprint density at radius 2 is 1.64 bits per heavy atom. The number of anilines is 1. The van der Waals surface area contributed by atoms with Gasteiger partial charge >= 0.3 is 0 Å². The van der Waals surface area contributed by atoms with Gasteiger partial charge in [0, 0.05) is 27.8 Å². The van der Waals surface area contributed by atoms with E-state index >= 15 is 0 Å². The van der Waals surface area contributed by atoms with E-state index in [1.165, 1.54) is 6.07 Å². The standard InChI is InChI=1S/C21H17Cl3FNO2/c1-27-21-9-13(11-26-14-6-7-19(25)18(24)10-14)5-8-20(21)28-12-15-16(22)3-2-4-17(15)23/h2-10,26H,11-12H2,1H3. The topological polar surface area (TPSA) is 30.5 Å². The Morgan fingerprint density at radius 1 is 0.893 bits per heavy atom. The molecule has 0 aliphatic rings. The number of rotatable bonds is 7. The summed E-state index contributed by atoms with van der Waals surface area (Å²) in [5.41, 5.74) is 2.39. The average molecular weight is 441 g/mol. The van der Waals surface area contributed by atoms with Crippen molar-refractivity contribution in [1.29, 1.82) is 0 Å². The lowest BCUT2D eigenvalue weighted by molar-refractivity contribution is 0.284. The lowest BCUT2D eigenvalue weighted by Gasteiger charge is -2.14. The molecule has 0 saturated heterocycles. The van der Waals surface area contributed by atoms with Crippen molar-refractivity contribution in [2.45, 2.75) is 13.2 Å². The zero-order valence-corrected chi connectivity index (χ0v) is 17.2. The smallest absolute Gasteiger partial charge is 0.161 e. The van der Waals surface area contributed by atoms with Gasteiger partial charge in [0.05, 0.1) is 12.1 Å². The molecule has 3 nitrogen and oxygen atoms in total. The van der Waals surface area contributed by atoms with Crippen molar-refractivity contribution < 1.29 is 13.9 Å². The molecule has 1 N–H and O–H groups in total. The molecule has 0 aliphatic carbocycles. The summed E-state index contributed by atoms with van der Waals surface area (Å²) >= 11 is 18.2. The van der Waals surface area contributed by atoms with Crippen molar-refractivity contribution in [3.8, 4) is 11.5 Å². The maximum Gasteiger partial charge on any atom is 0.161 e. The molecule has 0 radical (unpaired) electrons. The first-order valence-corrected chi connectivity index (χ1v) is 9.53. The second-order valence-electron chi connectivity index (χ2n) is 5.96. The molecule has 3 aromatic rings. The Labute approximate surface area is 177 Å². The van der Waals surface area contributed by atoms with Crippen LogP contribution in [0.15, 0.2) is 54.6 Å². The summed E-state index contributed by atoms with van der Waals surface area (Å²) in [5.74, 6) is 0.709. The van der Waals surface area contributed by atoms with Crippen molar-refractivity contribution in [3.05, 3.63) is 86.6 Å². The minimum Gasteiger partial charge on any atom is -0.493 e.